The first-order valence-electron chi connectivity index (χ1n) is 19.4. The zero-order valence-electron chi connectivity index (χ0n) is 30.8. The van der Waals surface area contributed by atoms with Gasteiger partial charge >= 0.3 is 0 Å². The average molecular weight is 744 g/mol. The van der Waals surface area contributed by atoms with Crippen molar-refractivity contribution in [3.05, 3.63) is 200 Å². The summed E-state index contributed by atoms with van der Waals surface area (Å²) in [5.41, 5.74) is 13.0. The Morgan fingerprint density at radius 2 is 0.895 bits per heavy atom. The summed E-state index contributed by atoms with van der Waals surface area (Å²) in [6.07, 6.45) is 2.01. The molecule has 0 N–H and O–H groups in total. The Morgan fingerprint density at radius 3 is 1.60 bits per heavy atom. The lowest BCUT2D eigenvalue weighted by atomic mass is 9.99. The maximum absolute atomic E-state index is 5.08. The van der Waals surface area contributed by atoms with Crippen molar-refractivity contribution in [2.24, 2.45) is 0 Å². The van der Waals surface area contributed by atoms with E-state index in [9.17, 15) is 0 Å². The van der Waals surface area contributed by atoms with E-state index >= 15 is 0 Å². The summed E-state index contributed by atoms with van der Waals surface area (Å²) in [7, 11) is 0. The number of hydrogen-bond donors (Lipinski definition) is 0. The highest BCUT2D eigenvalue weighted by Gasteiger charge is 2.17. The monoisotopic (exact) mass is 743 g/mol. The molecule has 0 fully saturated rings. The number of fused-ring (bicyclic) bond motifs is 9. The van der Waals surface area contributed by atoms with Crippen LogP contribution in [0, 0.1) is 0 Å². The van der Waals surface area contributed by atoms with Gasteiger partial charge in [-0.05, 0) is 94.5 Å². The number of pyridine rings is 1. The molecule has 0 spiro atoms. The smallest absolute Gasteiger partial charge is 0.137 e. The van der Waals surface area contributed by atoms with Gasteiger partial charge in [0.15, 0.2) is 0 Å². The third-order valence-electron chi connectivity index (χ3n) is 11.6. The molecule has 0 radical (unpaired) electrons. The molecule has 0 atom stereocenters. The van der Waals surface area contributed by atoms with Gasteiger partial charge in [-0.25, -0.2) is 4.98 Å². The molecule has 12 aromatic rings. The highest BCUT2D eigenvalue weighted by Crippen LogP contribution is 2.41. The highest BCUT2D eigenvalue weighted by atomic mass is 32.1. The maximum atomic E-state index is 5.08. The van der Waals surface area contributed by atoms with E-state index in [0.717, 1.165) is 28.0 Å². The number of hydrogen-bond acceptors (Lipinski definition) is 2. The van der Waals surface area contributed by atoms with Gasteiger partial charge in [-0.3, -0.25) is 4.57 Å². The number of nitrogens with zero attached hydrogens (tertiary/aromatic N) is 3. The molecular formula is C53H33N3S. The number of rotatable bonds is 5. The fourth-order valence-corrected chi connectivity index (χ4v) is 10.2. The minimum atomic E-state index is 0.904. The van der Waals surface area contributed by atoms with Gasteiger partial charge in [0.2, 0.25) is 0 Å². The summed E-state index contributed by atoms with van der Waals surface area (Å²) in [5, 5.41) is 7.58. The van der Waals surface area contributed by atoms with Crippen LogP contribution in [0.1, 0.15) is 0 Å². The van der Waals surface area contributed by atoms with Crippen LogP contribution in [0.5, 0.6) is 0 Å². The van der Waals surface area contributed by atoms with E-state index in [1.807, 2.05) is 17.5 Å². The van der Waals surface area contributed by atoms with Crippen molar-refractivity contribution in [1.82, 2.24) is 14.1 Å². The third-order valence-corrected chi connectivity index (χ3v) is 12.8. The molecule has 4 aromatic heterocycles. The van der Waals surface area contributed by atoms with E-state index in [2.05, 4.69) is 203 Å². The molecule has 12 rings (SSSR count). The molecule has 0 aliphatic carbocycles. The van der Waals surface area contributed by atoms with E-state index in [1.54, 1.807) is 0 Å². The Morgan fingerprint density at radius 1 is 0.351 bits per heavy atom. The van der Waals surface area contributed by atoms with Crippen molar-refractivity contribution >= 4 is 75.1 Å². The molecule has 0 aliphatic heterocycles. The first-order chi connectivity index (χ1) is 28.3. The Labute approximate surface area is 333 Å². The Balaban J connectivity index is 0.905. The van der Waals surface area contributed by atoms with Gasteiger partial charge in [0.05, 0.1) is 22.1 Å². The van der Waals surface area contributed by atoms with Gasteiger partial charge in [0, 0.05) is 59.2 Å². The first kappa shape index (κ1) is 32.0. The summed E-state index contributed by atoms with van der Waals surface area (Å²) in [6, 6.07) is 70.4. The van der Waals surface area contributed by atoms with Crippen molar-refractivity contribution < 1.29 is 0 Å². The van der Waals surface area contributed by atoms with Crippen LogP contribution in [0.15, 0.2) is 200 Å². The molecule has 0 amide bonds. The lowest BCUT2D eigenvalue weighted by Crippen LogP contribution is -1.97. The predicted molar refractivity (Wildman–Crippen MR) is 242 cm³/mol. The molecular weight excluding hydrogens is 711 g/mol. The number of para-hydroxylation sites is 3. The molecule has 0 unspecified atom stereocenters. The molecule has 266 valence electrons. The highest BCUT2D eigenvalue weighted by molar-refractivity contribution is 7.26. The quantitative estimate of drug-likeness (QED) is 0.172. The van der Waals surface area contributed by atoms with Crippen molar-refractivity contribution in [2.45, 2.75) is 0 Å². The second kappa shape index (κ2) is 12.6. The lowest BCUT2D eigenvalue weighted by Gasteiger charge is -2.10. The Kier molecular flexibility index (Phi) is 7.10. The minimum absolute atomic E-state index is 0.904. The fourth-order valence-electron chi connectivity index (χ4n) is 8.91. The van der Waals surface area contributed by atoms with Crippen molar-refractivity contribution in [2.75, 3.05) is 0 Å². The predicted octanol–water partition coefficient (Wildman–Crippen LogP) is 14.6. The van der Waals surface area contributed by atoms with Gasteiger partial charge in [-0.1, -0.05) is 127 Å². The van der Waals surface area contributed by atoms with E-state index in [1.165, 1.54) is 80.7 Å². The van der Waals surface area contributed by atoms with Crippen LogP contribution < -0.4 is 0 Å². The van der Waals surface area contributed by atoms with E-state index in [4.69, 9.17) is 4.98 Å². The van der Waals surface area contributed by atoms with Crippen LogP contribution in [0.4, 0.5) is 0 Å². The van der Waals surface area contributed by atoms with Crippen LogP contribution in [0.3, 0.4) is 0 Å². The third kappa shape index (κ3) is 5.01. The van der Waals surface area contributed by atoms with E-state index < -0.39 is 0 Å². The Bertz CT molecular complexity index is 3500. The second-order valence-electron chi connectivity index (χ2n) is 14.8. The van der Waals surface area contributed by atoms with Gasteiger partial charge in [-0.15, -0.1) is 11.3 Å². The molecule has 4 heteroatoms. The molecule has 0 saturated carbocycles. The molecule has 0 saturated heterocycles. The van der Waals surface area contributed by atoms with Gasteiger partial charge in [-0.2, -0.15) is 0 Å². The molecule has 3 nitrogen and oxygen atoms in total. The molecule has 4 heterocycles. The zero-order chi connectivity index (χ0) is 37.5. The van der Waals surface area contributed by atoms with Crippen molar-refractivity contribution in [3.8, 4) is 44.9 Å². The van der Waals surface area contributed by atoms with Crippen LogP contribution in [0.25, 0.3) is 109 Å². The van der Waals surface area contributed by atoms with Crippen molar-refractivity contribution in [3.63, 3.8) is 0 Å². The summed E-state index contributed by atoms with van der Waals surface area (Å²) in [5.74, 6) is 0.904. The summed E-state index contributed by atoms with van der Waals surface area (Å²) in [6.45, 7) is 0. The largest absolute Gasteiger partial charge is 0.309 e. The van der Waals surface area contributed by atoms with Gasteiger partial charge in [0.1, 0.15) is 5.82 Å². The Hall–Kier alpha value is -7.27. The average Bonchev–Trinajstić information content (AvgIpc) is 3.94. The SMILES string of the molecule is c1ccc(-n2c3ccccc3c3cc(-c4ccc5c(c4)c4ccccc4n5-c4ccc(-c5ccc(-c6cccc7c6sc6ccccc67)cc5)cn4)ccc32)cc1. The van der Waals surface area contributed by atoms with Gasteiger partial charge < -0.3 is 4.57 Å². The van der Waals surface area contributed by atoms with Gasteiger partial charge in [0.25, 0.3) is 0 Å². The maximum Gasteiger partial charge on any atom is 0.137 e. The molecule has 0 bridgehead atoms. The normalized spacial score (nSPS) is 11.9. The van der Waals surface area contributed by atoms with Crippen LogP contribution in [-0.4, -0.2) is 14.1 Å². The van der Waals surface area contributed by atoms with Crippen LogP contribution in [-0.2, 0) is 0 Å². The van der Waals surface area contributed by atoms with E-state index in [-0.39, 0.29) is 0 Å². The molecule has 57 heavy (non-hydrogen) atoms. The zero-order valence-corrected chi connectivity index (χ0v) is 31.6. The van der Waals surface area contributed by atoms with Crippen LogP contribution in [0.2, 0.25) is 0 Å². The summed E-state index contributed by atoms with van der Waals surface area (Å²) < 4.78 is 7.33. The number of thiophene rings is 1. The topological polar surface area (TPSA) is 22.8 Å². The number of aromatic nitrogens is 3. The summed E-state index contributed by atoms with van der Waals surface area (Å²) >= 11 is 1.87. The van der Waals surface area contributed by atoms with Crippen LogP contribution >= 0.6 is 11.3 Å². The second-order valence-corrected chi connectivity index (χ2v) is 15.8. The minimum Gasteiger partial charge on any atom is -0.309 e. The standard InChI is InChI=1S/C53H33N3S/c1-2-11-39(12-3-1)55-47-18-7-4-13-41(47)45-31-36(25-28-49(45)55)37-26-29-50-46(32-37)42-14-5-8-19-48(42)56(50)52-30-27-38(33-54-52)34-21-23-35(24-22-34)40-16-10-17-44-43-15-6-9-20-51(43)57-53(40)44/h1-33H. The fraction of sp³-hybridized carbons (Fsp3) is 0. The molecule has 0 aliphatic rings. The molecule has 8 aromatic carbocycles. The first-order valence-corrected chi connectivity index (χ1v) is 20.2. The lowest BCUT2D eigenvalue weighted by molar-refractivity contribution is 1.08. The summed E-state index contributed by atoms with van der Waals surface area (Å²) in [4.78, 5) is 5.08. The van der Waals surface area contributed by atoms with Crippen molar-refractivity contribution in [1.29, 1.82) is 0 Å². The van der Waals surface area contributed by atoms with E-state index in [0.29, 0.717) is 0 Å². The number of benzene rings is 8.